The lowest BCUT2D eigenvalue weighted by molar-refractivity contribution is -0.120. The first-order chi connectivity index (χ1) is 13.0. The van der Waals surface area contributed by atoms with E-state index in [9.17, 15) is 18.8 Å². The van der Waals surface area contributed by atoms with Gasteiger partial charge in [-0.15, -0.1) is 0 Å². The summed E-state index contributed by atoms with van der Waals surface area (Å²) in [5.41, 5.74) is -0.467. The van der Waals surface area contributed by atoms with E-state index >= 15 is 0 Å². The summed E-state index contributed by atoms with van der Waals surface area (Å²) in [5.74, 6) is -1.48. The predicted octanol–water partition coefficient (Wildman–Crippen LogP) is -0.155. The summed E-state index contributed by atoms with van der Waals surface area (Å²) in [4.78, 5) is 40.7. The Morgan fingerprint density at radius 1 is 1.19 bits per heavy atom. The molecule has 1 saturated heterocycles. The summed E-state index contributed by atoms with van der Waals surface area (Å²) >= 11 is 0. The van der Waals surface area contributed by atoms with Gasteiger partial charge in [0.05, 0.1) is 25.3 Å². The molecular weight excluding hydrogens is 355 g/mol. The lowest BCUT2D eigenvalue weighted by Crippen LogP contribution is -2.43. The van der Waals surface area contributed by atoms with Crippen LogP contribution in [0.1, 0.15) is 10.4 Å². The van der Waals surface area contributed by atoms with Gasteiger partial charge in [-0.1, -0.05) is 0 Å². The number of aromatic nitrogens is 1. The Bertz CT molecular complexity index is 893. The van der Waals surface area contributed by atoms with Gasteiger partial charge in [0.25, 0.3) is 11.5 Å². The van der Waals surface area contributed by atoms with E-state index in [1.807, 2.05) is 0 Å². The van der Waals surface area contributed by atoms with E-state index in [-0.39, 0.29) is 18.0 Å². The number of hydrogen-bond acceptors (Lipinski definition) is 5. The van der Waals surface area contributed by atoms with Crippen LogP contribution < -0.4 is 16.2 Å². The van der Waals surface area contributed by atoms with Crippen LogP contribution in [-0.2, 0) is 9.53 Å². The van der Waals surface area contributed by atoms with Crippen molar-refractivity contribution in [1.82, 2.24) is 20.5 Å². The first-order valence-electron chi connectivity index (χ1n) is 8.70. The quantitative estimate of drug-likeness (QED) is 0.650. The highest BCUT2D eigenvalue weighted by atomic mass is 19.1. The van der Waals surface area contributed by atoms with Crippen molar-refractivity contribution in [3.8, 4) is 0 Å². The molecular formula is C18H21FN4O4. The van der Waals surface area contributed by atoms with Gasteiger partial charge in [-0.3, -0.25) is 19.3 Å². The van der Waals surface area contributed by atoms with E-state index < -0.39 is 17.3 Å². The third-order valence-electron chi connectivity index (χ3n) is 4.32. The smallest absolute Gasteiger partial charge is 0.261 e. The van der Waals surface area contributed by atoms with E-state index in [2.05, 4.69) is 20.5 Å². The minimum Gasteiger partial charge on any atom is -0.379 e. The summed E-state index contributed by atoms with van der Waals surface area (Å²) in [6.07, 6.45) is 0. The molecule has 0 unspecified atom stereocenters. The molecule has 2 amide bonds. The van der Waals surface area contributed by atoms with Gasteiger partial charge in [0.1, 0.15) is 11.4 Å². The first-order valence-corrected chi connectivity index (χ1v) is 8.70. The molecule has 0 aliphatic carbocycles. The number of carbonyl (C=O) groups excluding carboxylic acids is 2. The van der Waals surface area contributed by atoms with E-state index in [1.165, 1.54) is 24.3 Å². The van der Waals surface area contributed by atoms with Crippen LogP contribution in [0, 0.1) is 5.82 Å². The van der Waals surface area contributed by atoms with E-state index in [0.717, 1.165) is 13.1 Å². The summed E-state index contributed by atoms with van der Waals surface area (Å²) in [7, 11) is 0. The fraction of sp³-hybridized carbons (Fsp3) is 0.389. The molecule has 8 nitrogen and oxygen atoms in total. The average Bonchev–Trinajstić information content (AvgIpc) is 2.66. The molecule has 1 fully saturated rings. The van der Waals surface area contributed by atoms with Crippen molar-refractivity contribution in [1.29, 1.82) is 0 Å². The number of rotatable bonds is 6. The SMILES string of the molecule is O=C(CNC(=O)c1cc2ccc(F)cc2[nH]c1=O)NCCN1CCOCC1. The topological polar surface area (TPSA) is 104 Å². The van der Waals surface area contributed by atoms with Crippen molar-refractivity contribution in [3.63, 3.8) is 0 Å². The number of pyridine rings is 1. The van der Waals surface area contributed by atoms with Gasteiger partial charge >= 0.3 is 0 Å². The molecule has 1 aliphatic rings. The molecule has 0 spiro atoms. The van der Waals surface area contributed by atoms with Crippen LogP contribution in [0.5, 0.6) is 0 Å². The van der Waals surface area contributed by atoms with Gasteiger partial charge in [-0.2, -0.15) is 0 Å². The zero-order chi connectivity index (χ0) is 19.2. The molecule has 144 valence electrons. The second kappa shape index (κ2) is 8.74. The van der Waals surface area contributed by atoms with Crippen LogP contribution in [0.3, 0.4) is 0 Å². The molecule has 0 radical (unpaired) electrons. The van der Waals surface area contributed by atoms with Gasteiger partial charge < -0.3 is 20.4 Å². The number of nitrogens with one attached hydrogen (secondary N) is 3. The number of aromatic amines is 1. The number of nitrogens with zero attached hydrogens (tertiary/aromatic N) is 1. The minimum atomic E-state index is -0.661. The van der Waals surface area contributed by atoms with Crippen LogP contribution in [0.4, 0.5) is 4.39 Å². The monoisotopic (exact) mass is 376 g/mol. The Kier molecular flexibility index (Phi) is 6.15. The van der Waals surface area contributed by atoms with Crippen LogP contribution in [0.15, 0.2) is 29.1 Å². The lowest BCUT2D eigenvalue weighted by Gasteiger charge is -2.26. The standard InChI is InChI=1S/C18H21FN4O4/c19-13-2-1-12-9-14(18(26)22-15(12)10-13)17(25)21-11-16(24)20-3-4-23-5-7-27-8-6-23/h1-2,9-10H,3-8,11H2,(H,20,24)(H,21,25)(H,22,26). The summed E-state index contributed by atoms with van der Waals surface area (Å²) < 4.78 is 18.5. The number of benzene rings is 1. The highest BCUT2D eigenvalue weighted by Gasteiger charge is 2.14. The molecule has 3 N–H and O–H groups in total. The van der Waals surface area contributed by atoms with Crippen molar-refractivity contribution in [2.45, 2.75) is 0 Å². The number of amides is 2. The highest BCUT2D eigenvalue weighted by molar-refractivity contribution is 5.98. The Balaban J connectivity index is 1.50. The third-order valence-corrected chi connectivity index (χ3v) is 4.32. The third kappa shape index (κ3) is 5.11. The maximum absolute atomic E-state index is 13.2. The molecule has 0 bridgehead atoms. The van der Waals surface area contributed by atoms with Crippen LogP contribution >= 0.6 is 0 Å². The Labute approximate surface area is 154 Å². The molecule has 2 heterocycles. The Morgan fingerprint density at radius 2 is 1.96 bits per heavy atom. The molecule has 1 aliphatic heterocycles. The summed E-state index contributed by atoms with van der Waals surface area (Å²) in [5, 5.41) is 5.67. The van der Waals surface area contributed by atoms with Gasteiger partial charge in [0, 0.05) is 26.2 Å². The van der Waals surface area contributed by atoms with Gasteiger partial charge in [0.2, 0.25) is 5.91 Å². The largest absolute Gasteiger partial charge is 0.379 e. The fourth-order valence-electron chi connectivity index (χ4n) is 2.84. The van der Waals surface area contributed by atoms with Crippen LogP contribution in [0.2, 0.25) is 0 Å². The Hall–Kier alpha value is -2.78. The zero-order valence-electron chi connectivity index (χ0n) is 14.7. The second-order valence-corrected chi connectivity index (χ2v) is 6.23. The van der Waals surface area contributed by atoms with E-state index in [1.54, 1.807) is 0 Å². The number of halogens is 1. The van der Waals surface area contributed by atoms with Crippen LogP contribution in [-0.4, -0.2) is 67.6 Å². The molecule has 1 aromatic carbocycles. The van der Waals surface area contributed by atoms with Gasteiger partial charge in [-0.05, 0) is 29.7 Å². The second-order valence-electron chi connectivity index (χ2n) is 6.23. The molecule has 1 aromatic heterocycles. The molecule has 3 rings (SSSR count). The van der Waals surface area contributed by atoms with Gasteiger partial charge in [-0.25, -0.2) is 4.39 Å². The maximum Gasteiger partial charge on any atom is 0.261 e. The van der Waals surface area contributed by atoms with Crippen molar-refractivity contribution in [2.75, 3.05) is 45.9 Å². The maximum atomic E-state index is 13.2. The number of hydrogen-bond donors (Lipinski definition) is 3. The number of H-pyrrole nitrogens is 1. The van der Waals surface area contributed by atoms with Gasteiger partial charge in [0.15, 0.2) is 0 Å². The van der Waals surface area contributed by atoms with Crippen LogP contribution in [0.25, 0.3) is 10.9 Å². The summed E-state index contributed by atoms with van der Waals surface area (Å²) in [6, 6.07) is 5.26. The van der Waals surface area contributed by atoms with Crippen molar-refractivity contribution in [2.24, 2.45) is 0 Å². The number of carbonyl (C=O) groups is 2. The fourth-order valence-corrected chi connectivity index (χ4v) is 2.84. The normalized spacial score (nSPS) is 14.9. The molecule has 0 saturated carbocycles. The summed E-state index contributed by atoms with van der Waals surface area (Å²) in [6.45, 7) is 4.00. The number of ether oxygens (including phenoxy) is 1. The van der Waals surface area contributed by atoms with Crippen molar-refractivity contribution >= 4 is 22.7 Å². The zero-order valence-corrected chi connectivity index (χ0v) is 14.7. The van der Waals surface area contributed by atoms with Crippen molar-refractivity contribution < 1.29 is 18.7 Å². The first kappa shape index (κ1) is 19.0. The highest BCUT2D eigenvalue weighted by Crippen LogP contribution is 2.12. The predicted molar refractivity (Wildman–Crippen MR) is 97.1 cm³/mol. The number of fused-ring (bicyclic) bond motifs is 1. The molecule has 0 atom stereocenters. The average molecular weight is 376 g/mol. The molecule has 27 heavy (non-hydrogen) atoms. The van der Waals surface area contributed by atoms with Crippen molar-refractivity contribution in [3.05, 3.63) is 46.0 Å². The van der Waals surface area contributed by atoms with E-state index in [0.29, 0.717) is 37.2 Å². The lowest BCUT2D eigenvalue weighted by atomic mass is 10.1. The Morgan fingerprint density at radius 3 is 2.74 bits per heavy atom. The van der Waals surface area contributed by atoms with E-state index in [4.69, 9.17) is 4.74 Å². The number of morpholine rings is 1. The minimum absolute atomic E-state index is 0.129. The molecule has 9 heteroatoms. The molecule has 2 aromatic rings.